The fourth-order valence-electron chi connectivity index (χ4n) is 2.02. The Labute approximate surface area is 127 Å². The predicted molar refractivity (Wildman–Crippen MR) is 87.2 cm³/mol. The van der Waals surface area contributed by atoms with Crippen molar-refractivity contribution in [2.24, 2.45) is 0 Å². The van der Waals surface area contributed by atoms with E-state index in [-0.39, 0.29) is 5.91 Å². The monoisotopic (exact) mass is 332 g/mol. The first-order valence-corrected chi connectivity index (χ1v) is 7.12. The van der Waals surface area contributed by atoms with Crippen molar-refractivity contribution in [3.63, 3.8) is 0 Å². The van der Waals surface area contributed by atoms with Crippen LogP contribution in [0.3, 0.4) is 0 Å². The van der Waals surface area contributed by atoms with Gasteiger partial charge in [0.1, 0.15) is 0 Å². The molecule has 0 atom stereocenters. The summed E-state index contributed by atoms with van der Waals surface area (Å²) in [4.78, 5) is 12.4. The molecule has 4 heteroatoms. The topological polar surface area (TPSA) is 55.1 Å². The van der Waals surface area contributed by atoms with Gasteiger partial charge in [-0.15, -0.1) is 0 Å². The van der Waals surface area contributed by atoms with Crippen molar-refractivity contribution in [2.75, 3.05) is 11.1 Å². The minimum Gasteiger partial charge on any atom is -0.397 e. The lowest BCUT2D eigenvalue weighted by atomic mass is 10.0. The van der Waals surface area contributed by atoms with Crippen LogP contribution in [0.5, 0.6) is 0 Å². The first-order valence-electron chi connectivity index (χ1n) is 6.33. The lowest BCUT2D eigenvalue weighted by molar-refractivity contribution is 0.102. The summed E-state index contributed by atoms with van der Waals surface area (Å²) in [5.74, 6) is -0.149. The summed E-state index contributed by atoms with van der Waals surface area (Å²) >= 11 is 3.39. The molecule has 3 nitrogen and oxygen atoms in total. The van der Waals surface area contributed by atoms with E-state index in [1.165, 1.54) is 0 Å². The predicted octanol–water partition coefficient (Wildman–Crippen LogP) is 4.21. The van der Waals surface area contributed by atoms with Crippen LogP contribution in [0.1, 0.15) is 27.0 Å². The highest BCUT2D eigenvalue weighted by Crippen LogP contribution is 2.27. The van der Waals surface area contributed by atoms with Gasteiger partial charge in [0.05, 0.1) is 11.4 Å². The van der Waals surface area contributed by atoms with Crippen LogP contribution >= 0.6 is 15.9 Å². The van der Waals surface area contributed by atoms with Gasteiger partial charge in [0.25, 0.3) is 5.91 Å². The Morgan fingerprint density at radius 2 is 1.75 bits per heavy atom. The van der Waals surface area contributed by atoms with Gasteiger partial charge in [0.15, 0.2) is 0 Å². The zero-order valence-corrected chi connectivity index (χ0v) is 13.3. The van der Waals surface area contributed by atoms with Gasteiger partial charge in [-0.1, -0.05) is 28.1 Å². The van der Waals surface area contributed by atoms with E-state index in [0.717, 1.165) is 21.2 Å². The third kappa shape index (κ3) is 2.85. The van der Waals surface area contributed by atoms with E-state index in [1.54, 1.807) is 0 Å². The van der Waals surface area contributed by atoms with Gasteiger partial charge in [-0.05, 0) is 55.7 Å². The molecule has 0 aromatic heterocycles. The highest BCUT2D eigenvalue weighted by Gasteiger charge is 2.13. The maximum atomic E-state index is 12.4. The standard InChI is InChI=1S/C16H17BrN2O/c1-9-5-7-14(18)15(11(9)3)19-16(20)13-8-12(17)6-4-10(13)2/h4-8H,18H2,1-3H3,(H,19,20). The van der Waals surface area contributed by atoms with Gasteiger partial charge in [0.2, 0.25) is 0 Å². The molecule has 0 unspecified atom stereocenters. The molecule has 2 aromatic carbocycles. The van der Waals surface area contributed by atoms with Crippen molar-refractivity contribution in [3.05, 3.63) is 57.1 Å². The number of halogens is 1. The van der Waals surface area contributed by atoms with E-state index in [0.29, 0.717) is 16.9 Å². The van der Waals surface area contributed by atoms with Crippen molar-refractivity contribution in [1.82, 2.24) is 0 Å². The SMILES string of the molecule is Cc1ccc(Br)cc1C(=O)Nc1c(N)ccc(C)c1C. The molecule has 0 saturated carbocycles. The second-order valence-electron chi connectivity index (χ2n) is 4.89. The van der Waals surface area contributed by atoms with E-state index in [1.807, 2.05) is 51.1 Å². The molecule has 0 heterocycles. The molecule has 2 aromatic rings. The number of aryl methyl sites for hydroxylation is 2. The highest BCUT2D eigenvalue weighted by molar-refractivity contribution is 9.10. The van der Waals surface area contributed by atoms with Crippen LogP contribution in [0.15, 0.2) is 34.8 Å². The minimum absolute atomic E-state index is 0.149. The van der Waals surface area contributed by atoms with Gasteiger partial charge in [-0.25, -0.2) is 0 Å². The Kier molecular flexibility index (Phi) is 4.14. The number of carbonyl (C=O) groups excluding carboxylic acids is 1. The van der Waals surface area contributed by atoms with Crippen LogP contribution in [0, 0.1) is 20.8 Å². The molecule has 0 aliphatic heterocycles. The number of benzene rings is 2. The minimum atomic E-state index is -0.149. The summed E-state index contributed by atoms with van der Waals surface area (Å²) in [5, 5.41) is 2.92. The zero-order valence-electron chi connectivity index (χ0n) is 11.8. The van der Waals surface area contributed by atoms with Gasteiger partial charge in [-0.2, -0.15) is 0 Å². The Bertz CT molecular complexity index is 680. The fourth-order valence-corrected chi connectivity index (χ4v) is 2.38. The number of anilines is 2. The van der Waals surface area contributed by atoms with Crippen LogP contribution in [0.4, 0.5) is 11.4 Å². The maximum absolute atomic E-state index is 12.4. The first kappa shape index (κ1) is 14.6. The normalized spacial score (nSPS) is 10.4. The third-order valence-corrected chi connectivity index (χ3v) is 3.94. The number of nitrogens with one attached hydrogen (secondary N) is 1. The third-order valence-electron chi connectivity index (χ3n) is 3.45. The van der Waals surface area contributed by atoms with Gasteiger partial charge >= 0.3 is 0 Å². The average Bonchev–Trinajstić information content (AvgIpc) is 2.41. The molecule has 2 rings (SSSR count). The summed E-state index contributed by atoms with van der Waals surface area (Å²) < 4.78 is 0.877. The molecule has 0 bridgehead atoms. The number of rotatable bonds is 2. The summed E-state index contributed by atoms with van der Waals surface area (Å²) in [6.07, 6.45) is 0. The van der Waals surface area contributed by atoms with Crippen LogP contribution in [0.2, 0.25) is 0 Å². The molecule has 1 amide bonds. The zero-order chi connectivity index (χ0) is 14.9. The maximum Gasteiger partial charge on any atom is 0.256 e. The van der Waals surface area contributed by atoms with Gasteiger partial charge in [0, 0.05) is 10.0 Å². The molecule has 0 aliphatic carbocycles. The van der Waals surface area contributed by atoms with Crippen molar-refractivity contribution in [3.8, 4) is 0 Å². The second-order valence-corrected chi connectivity index (χ2v) is 5.80. The van der Waals surface area contributed by atoms with Crippen LogP contribution in [0.25, 0.3) is 0 Å². The number of carbonyl (C=O) groups is 1. The van der Waals surface area contributed by atoms with Crippen molar-refractivity contribution >= 4 is 33.2 Å². The number of nitrogen functional groups attached to an aromatic ring is 1. The van der Waals surface area contributed by atoms with Gasteiger partial charge < -0.3 is 11.1 Å². The number of hydrogen-bond acceptors (Lipinski definition) is 2. The van der Waals surface area contributed by atoms with E-state index in [4.69, 9.17) is 5.73 Å². The molecule has 20 heavy (non-hydrogen) atoms. The molecular formula is C16H17BrN2O. The molecule has 3 N–H and O–H groups in total. The van der Waals surface area contributed by atoms with Crippen molar-refractivity contribution in [1.29, 1.82) is 0 Å². The smallest absolute Gasteiger partial charge is 0.256 e. The lowest BCUT2D eigenvalue weighted by Crippen LogP contribution is -2.15. The largest absolute Gasteiger partial charge is 0.397 e. The Morgan fingerprint density at radius 1 is 1.10 bits per heavy atom. The Balaban J connectivity index is 2.38. The van der Waals surface area contributed by atoms with E-state index < -0.39 is 0 Å². The summed E-state index contributed by atoms with van der Waals surface area (Å²) in [6, 6.07) is 9.40. The molecule has 0 saturated heterocycles. The molecule has 0 fully saturated rings. The fraction of sp³-hybridized carbons (Fsp3) is 0.188. The second kappa shape index (κ2) is 5.67. The summed E-state index contributed by atoms with van der Waals surface area (Å²) in [7, 11) is 0. The van der Waals surface area contributed by atoms with E-state index >= 15 is 0 Å². The molecule has 104 valence electrons. The van der Waals surface area contributed by atoms with Crippen molar-refractivity contribution < 1.29 is 4.79 Å². The number of nitrogens with two attached hydrogens (primary N) is 1. The quantitative estimate of drug-likeness (QED) is 0.809. The van der Waals surface area contributed by atoms with Crippen LogP contribution in [-0.4, -0.2) is 5.91 Å². The van der Waals surface area contributed by atoms with Gasteiger partial charge in [-0.3, -0.25) is 4.79 Å². The molecular weight excluding hydrogens is 316 g/mol. The first-order chi connectivity index (χ1) is 9.40. The highest BCUT2D eigenvalue weighted by atomic mass is 79.9. The average molecular weight is 333 g/mol. The molecule has 0 aliphatic rings. The van der Waals surface area contributed by atoms with E-state index in [9.17, 15) is 4.79 Å². The van der Waals surface area contributed by atoms with E-state index in [2.05, 4.69) is 21.2 Å². The summed E-state index contributed by atoms with van der Waals surface area (Å²) in [5.41, 5.74) is 10.9. The number of hydrogen-bond donors (Lipinski definition) is 2. The molecule has 0 radical (unpaired) electrons. The Hall–Kier alpha value is -1.81. The summed E-state index contributed by atoms with van der Waals surface area (Å²) in [6.45, 7) is 5.86. The van der Waals surface area contributed by atoms with Crippen LogP contribution < -0.4 is 11.1 Å². The Morgan fingerprint density at radius 3 is 2.45 bits per heavy atom. The number of amides is 1. The lowest BCUT2D eigenvalue weighted by Gasteiger charge is -2.14. The molecule has 0 spiro atoms. The van der Waals surface area contributed by atoms with Crippen molar-refractivity contribution in [2.45, 2.75) is 20.8 Å². The van der Waals surface area contributed by atoms with Crippen LogP contribution in [-0.2, 0) is 0 Å².